The van der Waals surface area contributed by atoms with Crippen LogP contribution in [0.2, 0.25) is 5.02 Å². The third-order valence-corrected chi connectivity index (χ3v) is 4.78. The van der Waals surface area contributed by atoms with E-state index in [2.05, 4.69) is 0 Å². The van der Waals surface area contributed by atoms with Crippen LogP contribution in [0.25, 0.3) is 21.6 Å². The van der Waals surface area contributed by atoms with Gasteiger partial charge in [-0.05, 0) is 58.5 Å². The van der Waals surface area contributed by atoms with Gasteiger partial charge < -0.3 is 10.2 Å². The van der Waals surface area contributed by atoms with Crippen LogP contribution < -0.4 is 0 Å². The first-order chi connectivity index (χ1) is 12.6. The van der Waals surface area contributed by atoms with E-state index in [9.17, 15) is 10.2 Å². The Balaban J connectivity index is 0.000000152. The maximum absolute atomic E-state index is 9.37. The number of rotatable bonds is 2. The first-order valence-corrected chi connectivity index (χ1v) is 9.25. The van der Waals surface area contributed by atoms with E-state index in [1.165, 1.54) is 10.9 Å². The molecule has 0 unspecified atom stereocenters. The number of halogens is 1. The molecule has 2 nitrogen and oxygen atoms in total. The van der Waals surface area contributed by atoms with Crippen LogP contribution in [0.15, 0.2) is 90.3 Å². The van der Waals surface area contributed by atoms with Crippen molar-refractivity contribution in [3.63, 3.8) is 0 Å². The Bertz CT molecular complexity index is 946. The quantitative estimate of drug-likeness (QED) is 0.400. The average Bonchev–Trinajstić information content (AvgIpc) is 3.17. The Hall–Kier alpha value is -2.75. The Morgan fingerprint density at radius 3 is 2.00 bits per heavy atom. The summed E-state index contributed by atoms with van der Waals surface area (Å²) in [6.45, 7) is 0. The van der Waals surface area contributed by atoms with E-state index in [0.29, 0.717) is 10.8 Å². The molecule has 0 amide bonds. The third-order valence-electron chi connectivity index (χ3n) is 3.64. The Labute approximate surface area is 161 Å². The Morgan fingerprint density at radius 2 is 1.35 bits per heavy atom. The predicted molar refractivity (Wildman–Crippen MR) is 110 cm³/mol. The van der Waals surface area contributed by atoms with Crippen molar-refractivity contribution in [2.75, 3.05) is 0 Å². The smallest absolute Gasteiger partial charge is 0.117 e. The molecule has 4 heteroatoms. The molecule has 1 heterocycles. The van der Waals surface area contributed by atoms with Crippen LogP contribution in [0.5, 0.6) is 11.5 Å². The van der Waals surface area contributed by atoms with Gasteiger partial charge in [0.15, 0.2) is 0 Å². The SMILES string of the molecule is Oc1cc(Cl)cc(-c2ccccc2)c1.Oc1cccc(-c2cccs2)c1. The molecule has 26 heavy (non-hydrogen) atoms. The highest BCUT2D eigenvalue weighted by Gasteiger charge is 2.00. The van der Waals surface area contributed by atoms with Crippen LogP contribution in [0.4, 0.5) is 0 Å². The molecule has 2 N–H and O–H groups in total. The summed E-state index contributed by atoms with van der Waals surface area (Å²) in [6, 6.07) is 26.2. The standard InChI is InChI=1S/C12H9ClO.C10H8OS/c13-11-6-10(7-12(14)8-11)9-4-2-1-3-5-9;11-9-4-1-3-8(7-9)10-5-2-6-12-10/h1-8,14H;1-7,11H. The summed E-state index contributed by atoms with van der Waals surface area (Å²) >= 11 is 7.51. The van der Waals surface area contributed by atoms with Gasteiger partial charge in [-0.15, -0.1) is 11.3 Å². The molecule has 0 saturated carbocycles. The highest BCUT2D eigenvalue weighted by atomic mass is 35.5. The van der Waals surface area contributed by atoms with E-state index in [4.69, 9.17) is 11.6 Å². The fraction of sp³-hybridized carbons (Fsp3) is 0. The summed E-state index contributed by atoms with van der Waals surface area (Å²) in [5.41, 5.74) is 3.05. The van der Waals surface area contributed by atoms with Crippen molar-refractivity contribution in [2.45, 2.75) is 0 Å². The highest BCUT2D eigenvalue weighted by Crippen LogP contribution is 2.28. The number of phenolic OH excluding ortho intramolecular Hbond substituents is 2. The van der Waals surface area contributed by atoms with Crippen LogP contribution >= 0.6 is 22.9 Å². The average molecular weight is 381 g/mol. The predicted octanol–water partition coefficient (Wildman–Crippen LogP) is 6.83. The zero-order valence-corrected chi connectivity index (χ0v) is 15.4. The molecule has 0 aliphatic heterocycles. The molecule has 0 aliphatic rings. The van der Waals surface area contributed by atoms with Gasteiger partial charge >= 0.3 is 0 Å². The number of phenols is 2. The van der Waals surface area contributed by atoms with E-state index in [0.717, 1.165) is 16.7 Å². The first-order valence-electron chi connectivity index (χ1n) is 8.00. The molecule has 3 aromatic carbocycles. The lowest BCUT2D eigenvalue weighted by Crippen LogP contribution is -1.77. The molecule has 0 fully saturated rings. The van der Waals surface area contributed by atoms with Gasteiger partial charge in [-0.25, -0.2) is 0 Å². The number of hydrogen-bond donors (Lipinski definition) is 2. The zero-order chi connectivity index (χ0) is 18.4. The zero-order valence-electron chi connectivity index (χ0n) is 13.8. The van der Waals surface area contributed by atoms with Crippen LogP contribution in [-0.2, 0) is 0 Å². The lowest BCUT2D eigenvalue weighted by atomic mass is 10.1. The van der Waals surface area contributed by atoms with Crippen molar-refractivity contribution in [2.24, 2.45) is 0 Å². The summed E-state index contributed by atoms with van der Waals surface area (Å²) in [6.07, 6.45) is 0. The largest absolute Gasteiger partial charge is 0.508 e. The fourth-order valence-corrected chi connectivity index (χ4v) is 3.43. The Morgan fingerprint density at radius 1 is 0.615 bits per heavy atom. The molecule has 4 rings (SSSR count). The lowest BCUT2D eigenvalue weighted by Gasteiger charge is -2.02. The number of thiophene rings is 1. The van der Waals surface area contributed by atoms with Crippen molar-refractivity contribution in [1.82, 2.24) is 0 Å². The second-order valence-electron chi connectivity index (χ2n) is 5.59. The van der Waals surface area contributed by atoms with Gasteiger partial charge in [0.25, 0.3) is 0 Å². The van der Waals surface area contributed by atoms with E-state index in [-0.39, 0.29) is 5.75 Å². The molecule has 0 radical (unpaired) electrons. The second-order valence-corrected chi connectivity index (χ2v) is 6.98. The normalized spacial score (nSPS) is 10.0. The van der Waals surface area contributed by atoms with E-state index < -0.39 is 0 Å². The monoisotopic (exact) mass is 380 g/mol. The van der Waals surface area contributed by atoms with Crippen molar-refractivity contribution in [1.29, 1.82) is 0 Å². The van der Waals surface area contributed by atoms with Gasteiger partial charge in [-0.3, -0.25) is 0 Å². The van der Waals surface area contributed by atoms with E-state index >= 15 is 0 Å². The van der Waals surface area contributed by atoms with Gasteiger partial charge in [0.2, 0.25) is 0 Å². The van der Waals surface area contributed by atoms with E-state index in [1.54, 1.807) is 29.5 Å². The molecule has 0 saturated heterocycles. The molecule has 0 bridgehead atoms. The Kier molecular flexibility index (Phi) is 5.95. The number of benzene rings is 3. The molecule has 130 valence electrons. The van der Waals surface area contributed by atoms with Gasteiger partial charge in [0, 0.05) is 9.90 Å². The van der Waals surface area contributed by atoms with E-state index in [1.807, 2.05) is 66.0 Å². The molecule has 1 aromatic heterocycles. The molecular formula is C22H17ClO2S. The minimum atomic E-state index is 0.191. The second kappa shape index (κ2) is 8.56. The maximum Gasteiger partial charge on any atom is 0.117 e. The molecular weight excluding hydrogens is 364 g/mol. The summed E-state index contributed by atoms with van der Waals surface area (Å²) < 4.78 is 0. The van der Waals surface area contributed by atoms with Gasteiger partial charge in [-0.2, -0.15) is 0 Å². The van der Waals surface area contributed by atoms with Gasteiger partial charge in [0.1, 0.15) is 11.5 Å². The third kappa shape index (κ3) is 4.88. The molecule has 0 spiro atoms. The summed E-state index contributed by atoms with van der Waals surface area (Å²) in [4.78, 5) is 1.19. The van der Waals surface area contributed by atoms with Crippen LogP contribution in [-0.4, -0.2) is 10.2 Å². The fourth-order valence-electron chi connectivity index (χ4n) is 2.47. The highest BCUT2D eigenvalue weighted by molar-refractivity contribution is 7.13. The molecule has 0 aliphatic carbocycles. The number of hydrogen-bond acceptors (Lipinski definition) is 3. The maximum atomic E-state index is 9.37. The summed E-state index contributed by atoms with van der Waals surface area (Å²) in [5, 5.41) is 21.2. The molecule has 0 atom stereocenters. The minimum Gasteiger partial charge on any atom is -0.508 e. The first kappa shape index (κ1) is 18.1. The van der Waals surface area contributed by atoms with Crippen LogP contribution in [0.1, 0.15) is 0 Å². The topological polar surface area (TPSA) is 40.5 Å². The van der Waals surface area contributed by atoms with Crippen molar-refractivity contribution < 1.29 is 10.2 Å². The minimum absolute atomic E-state index is 0.191. The van der Waals surface area contributed by atoms with Gasteiger partial charge in [-0.1, -0.05) is 60.1 Å². The van der Waals surface area contributed by atoms with Crippen molar-refractivity contribution in [3.05, 3.63) is 95.3 Å². The summed E-state index contributed by atoms with van der Waals surface area (Å²) in [5.74, 6) is 0.511. The summed E-state index contributed by atoms with van der Waals surface area (Å²) in [7, 11) is 0. The van der Waals surface area contributed by atoms with Crippen LogP contribution in [0, 0.1) is 0 Å². The molecule has 4 aromatic rings. The van der Waals surface area contributed by atoms with Crippen molar-refractivity contribution >= 4 is 22.9 Å². The number of aromatic hydroxyl groups is 2. The van der Waals surface area contributed by atoms with Crippen molar-refractivity contribution in [3.8, 4) is 33.1 Å². The van der Waals surface area contributed by atoms with Crippen LogP contribution in [0.3, 0.4) is 0 Å². The van der Waals surface area contributed by atoms with Gasteiger partial charge in [0.05, 0.1) is 0 Å². The lowest BCUT2D eigenvalue weighted by molar-refractivity contribution is 0.475.